The summed E-state index contributed by atoms with van der Waals surface area (Å²) in [5.74, 6) is 0. The molecule has 0 amide bonds. The van der Waals surface area contributed by atoms with Crippen LogP contribution in [-0.2, 0) is 10.4 Å². The summed E-state index contributed by atoms with van der Waals surface area (Å²) in [5.41, 5.74) is 2.85. The second-order valence-corrected chi connectivity index (χ2v) is 20.5. The molecule has 0 atom stereocenters. The van der Waals surface area contributed by atoms with Crippen molar-refractivity contribution in [2.75, 3.05) is 0 Å². The van der Waals surface area contributed by atoms with Crippen molar-refractivity contribution in [3.63, 3.8) is 0 Å². The van der Waals surface area contributed by atoms with Crippen molar-refractivity contribution in [3.05, 3.63) is 0 Å². The fourth-order valence-electron chi connectivity index (χ4n) is 4.00. The Balaban J connectivity index is -0.000000344. The zero-order chi connectivity index (χ0) is 23.0. The lowest BCUT2D eigenvalue weighted by Gasteiger charge is -2.36. The highest BCUT2D eigenvalue weighted by Gasteiger charge is 2.42. The average Bonchev–Trinajstić information content (AvgIpc) is 2.42. The van der Waals surface area contributed by atoms with Crippen molar-refractivity contribution in [3.8, 4) is 0 Å². The summed E-state index contributed by atoms with van der Waals surface area (Å²) in [5, 5.41) is 0. The van der Waals surface area contributed by atoms with Crippen molar-refractivity contribution in [1.82, 2.24) is 0 Å². The van der Waals surface area contributed by atoms with Gasteiger partial charge >= 0.3 is 10.4 Å². The molecule has 0 heterocycles. The molecular formula is C18H46O6SSi2. The van der Waals surface area contributed by atoms with Gasteiger partial charge in [-0.3, -0.25) is 9.11 Å². The van der Waals surface area contributed by atoms with Gasteiger partial charge in [0.15, 0.2) is 16.6 Å². The highest BCUT2D eigenvalue weighted by atomic mass is 32.3. The molecule has 0 aliphatic rings. The maximum absolute atomic E-state index is 10.4. The van der Waals surface area contributed by atoms with E-state index in [9.17, 15) is 9.59 Å². The Hall–Kier alpha value is 0.224. The minimum absolute atomic E-state index is 0.475. The molecule has 0 bridgehead atoms. The first-order valence-corrected chi connectivity index (χ1v) is 15.6. The number of rotatable bonds is 6. The summed E-state index contributed by atoms with van der Waals surface area (Å²) in [6.07, 6.45) is 0. The molecule has 0 aromatic heterocycles. The molecule has 4 N–H and O–H groups in total. The van der Waals surface area contributed by atoms with Crippen LogP contribution in [0.2, 0.25) is 33.2 Å². The highest BCUT2D eigenvalue weighted by molar-refractivity contribution is 7.79. The van der Waals surface area contributed by atoms with Crippen LogP contribution in [0.3, 0.4) is 0 Å². The topological polar surface area (TPSA) is 115 Å². The molecule has 0 radical (unpaired) electrons. The van der Waals surface area contributed by atoms with Crippen molar-refractivity contribution in [1.29, 1.82) is 0 Å². The van der Waals surface area contributed by atoms with E-state index in [1.165, 1.54) is 0 Å². The summed E-state index contributed by atoms with van der Waals surface area (Å²) in [6.45, 7) is 25.7. The van der Waals surface area contributed by atoms with Gasteiger partial charge < -0.3 is 9.59 Å². The lowest BCUT2D eigenvalue weighted by Crippen LogP contribution is -2.44. The van der Waals surface area contributed by atoms with E-state index < -0.39 is 27.0 Å². The molecule has 0 aromatic rings. The second kappa shape index (κ2) is 12.7. The molecule has 0 rings (SSSR count). The smallest absolute Gasteiger partial charge is 0.394 e. The molecule has 0 spiro atoms. The zero-order valence-electron chi connectivity index (χ0n) is 19.5. The van der Waals surface area contributed by atoms with Gasteiger partial charge in [0.05, 0.1) is 0 Å². The van der Waals surface area contributed by atoms with Crippen LogP contribution in [-0.4, -0.2) is 43.7 Å². The van der Waals surface area contributed by atoms with Crippen LogP contribution in [0.15, 0.2) is 0 Å². The van der Waals surface area contributed by atoms with E-state index in [0.717, 1.165) is 0 Å². The van der Waals surface area contributed by atoms with Crippen LogP contribution < -0.4 is 0 Å². The third-order valence-electron chi connectivity index (χ3n) is 5.55. The predicted octanol–water partition coefficient (Wildman–Crippen LogP) is 5.66. The largest absolute Gasteiger partial charge is 0.431 e. The van der Waals surface area contributed by atoms with Gasteiger partial charge in [-0.1, -0.05) is 83.1 Å². The van der Waals surface area contributed by atoms with E-state index in [-0.39, 0.29) is 0 Å². The molecular weight excluding hydrogens is 400 g/mol. The van der Waals surface area contributed by atoms with Gasteiger partial charge in [-0.05, 0) is 33.2 Å². The number of hydrogen-bond donors (Lipinski definition) is 4. The van der Waals surface area contributed by atoms with Crippen molar-refractivity contribution < 1.29 is 27.1 Å². The molecule has 9 heteroatoms. The molecule has 0 saturated carbocycles. The van der Waals surface area contributed by atoms with Crippen molar-refractivity contribution in [2.24, 2.45) is 0 Å². The second-order valence-electron chi connectivity index (χ2n) is 9.15. The van der Waals surface area contributed by atoms with E-state index in [2.05, 4.69) is 83.1 Å². The fraction of sp³-hybridized carbons (Fsp3) is 1.00. The van der Waals surface area contributed by atoms with Gasteiger partial charge in [-0.15, -0.1) is 0 Å². The monoisotopic (exact) mass is 446 g/mol. The van der Waals surface area contributed by atoms with Crippen molar-refractivity contribution >= 4 is 27.0 Å². The molecule has 168 valence electrons. The molecule has 6 nitrogen and oxygen atoms in total. The van der Waals surface area contributed by atoms with E-state index >= 15 is 0 Å². The van der Waals surface area contributed by atoms with Crippen LogP contribution in [0.4, 0.5) is 0 Å². The van der Waals surface area contributed by atoms with Crippen LogP contribution in [0.1, 0.15) is 83.1 Å². The summed E-state index contributed by atoms with van der Waals surface area (Å²) in [6, 6.07) is 0. The summed E-state index contributed by atoms with van der Waals surface area (Å²) < 4.78 is 31.6. The molecule has 0 aliphatic heterocycles. The Labute approximate surface area is 170 Å². The Morgan fingerprint density at radius 2 is 0.556 bits per heavy atom. The summed E-state index contributed by atoms with van der Waals surface area (Å²) in [7, 11) is -8.63. The average molecular weight is 447 g/mol. The highest BCUT2D eigenvalue weighted by Crippen LogP contribution is 2.39. The normalized spacial score (nSPS) is 13.3. The number of hydrogen-bond acceptors (Lipinski definition) is 4. The van der Waals surface area contributed by atoms with Crippen LogP contribution in [0.25, 0.3) is 0 Å². The van der Waals surface area contributed by atoms with E-state index in [1.54, 1.807) is 0 Å². The minimum atomic E-state index is -4.67. The van der Waals surface area contributed by atoms with E-state index in [1.807, 2.05) is 0 Å². The van der Waals surface area contributed by atoms with E-state index in [4.69, 9.17) is 17.5 Å². The first kappa shape index (κ1) is 31.9. The van der Waals surface area contributed by atoms with Gasteiger partial charge in [0.1, 0.15) is 0 Å². The van der Waals surface area contributed by atoms with Crippen LogP contribution in [0.5, 0.6) is 0 Å². The fourth-order valence-corrected chi connectivity index (χ4v) is 12.0. The van der Waals surface area contributed by atoms with Crippen molar-refractivity contribution in [2.45, 2.75) is 116 Å². The maximum atomic E-state index is 10.4. The quantitative estimate of drug-likeness (QED) is 0.309. The van der Waals surface area contributed by atoms with Gasteiger partial charge in [0.25, 0.3) is 0 Å². The van der Waals surface area contributed by atoms with Gasteiger partial charge in [-0.2, -0.15) is 8.42 Å². The van der Waals surface area contributed by atoms with Crippen LogP contribution >= 0.6 is 0 Å². The Morgan fingerprint density at radius 3 is 0.556 bits per heavy atom. The molecule has 0 fully saturated rings. The molecule has 27 heavy (non-hydrogen) atoms. The van der Waals surface area contributed by atoms with Gasteiger partial charge in [0, 0.05) is 0 Å². The molecule has 0 saturated heterocycles. The minimum Gasteiger partial charge on any atom is -0.431 e. The van der Waals surface area contributed by atoms with Gasteiger partial charge in [-0.25, -0.2) is 0 Å². The Bertz CT molecular complexity index is 407. The zero-order valence-corrected chi connectivity index (χ0v) is 22.3. The van der Waals surface area contributed by atoms with Crippen LogP contribution in [0, 0.1) is 0 Å². The molecule has 0 aromatic carbocycles. The third-order valence-corrected chi connectivity index (χ3v) is 16.6. The Morgan fingerprint density at radius 1 is 0.481 bits per heavy atom. The Kier molecular flexibility index (Phi) is 15.0. The molecule has 0 unspecified atom stereocenters. The predicted molar refractivity (Wildman–Crippen MR) is 121 cm³/mol. The standard InChI is InChI=1S/2C9H22OSi.H2O4S/c2*1-7(2)11(10,8(3)4)9(5)6;1-5(2,3)4/h2*7-10H,1-6H3;(H2,1,2,3,4). The third kappa shape index (κ3) is 11.7. The first-order chi connectivity index (χ1) is 11.7. The lowest BCUT2D eigenvalue weighted by molar-refractivity contribution is 0.381. The molecule has 0 aliphatic carbocycles. The lowest BCUT2D eigenvalue weighted by atomic mass is 10.5. The van der Waals surface area contributed by atoms with E-state index in [0.29, 0.717) is 33.2 Å². The first-order valence-electron chi connectivity index (χ1n) is 9.81. The SMILES string of the molecule is CC(C)[Si](O)(C(C)C)C(C)C.CC(C)[Si](O)(C(C)C)C(C)C.O=S(=O)(O)O. The van der Waals surface area contributed by atoms with Gasteiger partial charge in [0.2, 0.25) is 0 Å². The summed E-state index contributed by atoms with van der Waals surface area (Å²) >= 11 is 0. The maximum Gasteiger partial charge on any atom is 0.394 e. The summed E-state index contributed by atoms with van der Waals surface area (Å²) in [4.78, 5) is 20.8.